The fraction of sp³-hybridized carbons (Fsp3) is 0.556. The van der Waals surface area contributed by atoms with E-state index in [-0.39, 0.29) is 17.2 Å². The number of hydrogen-bond donors (Lipinski definition) is 1. The summed E-state index contributed by atoms with van der Waals surface area (Å²) in [7, 11) is 1.59. The fourth-order valence-corrected chi connectivity index (χ4v) is 4.10. The van der Waals surface area contributed by atoms with Crippen molar-refractivity contribution in [2.75, 3.05) is 19.4 Å². The smallest absolute Gasteiger partial charge is 0.255 e. The van der Waals surface area contributed by atoms with E-state index in [4.69, 9.17) is 4.74 Å². The Bertz CT molecular complexity index is 562. The first-order valence-corrected chi connectivity index (χ1v) is 9.53. The molecule has 1 fully saturated rings. The molecule has 1 aliphatic heterocycles. The lowest BCUT2D eigenvalue weighted by Crippen LogP contribution is -2.49. The van der Waals surface area contributed by atoms with Gasteiger partial charge in [0, 0.05) is 17.9 Å². The summed E-state index contributed by atoms with van der Waals surface area (Å²) in [6.45, 7) is 4.80. The van der Waals surface area contributed by atoms with E-state index in [1.807, 2.05) is 6.92 Å². The highest BCUT2D eigenvalue weighted by Crippen LogP contribution is 2.33. The number of rotatable bonds is 7. The molecule has 2 atom stereocenters. The van der Waals surface area contributed by atoms with Gasteiger partial charge in [0.1, 0.15) is 11.8 Å². The molecule has 1 aromatic rings. The molecule has 1 aromatic carbocycles. The van der Waals surface area contributed by atoms with Crippen molar-refractivity contribution in [3.05, 3.63) is 29.8 Å². The number of ether oxygens (including phenoxy) is 1. The van der Waals surface area contributed by atoms with Crippen molar-refractivity contribution < 1.29 is 14.3 Å². The van der Waals surface area contributed by atoms with Crippen molar-refractivity contribution in [1.29, 1.82) is 0 Å². The van der Waals surface area contributed by atoms with Crippen molar-refractivity contribution in [2.45, 2.75) is 44.5 Å². The van der Waals surface area contributed by atoms with Crippen LogP contribution in [-0.2, 0) is 4.79 Å². The summed E-state index contributed by atoms with van der Waals surface area (Å²) in [5, 5.41) is 3.00. The minimum atomic E-state index is -0.397. The zero-order valence-corrected chi connectivity index (χ0v) is 15.4. The summed E-state index contributed by atoms with van der Waals surface area (Å²) >= 11 is 1.68. The molecular weight excluding hydrogens is 324 g/mol. The zero-order valence-electron chi connectivity index (χ0n) is 14.6. The van der Waals surface area contributed by atoms with Crippen LogP contribution in [0.2, 0.25) is 0 Å². The Morgan fingerprint density at radius 3 is 2.58 bits per heavy atom. The highest BCUT2D eigenvalue weighted by atomic mass is 32.2. The normalized spacial score (nSPS) is 20.0. The average Bonchev–Trinajstić information content (AvgIpc) is 3.05. The number of methoxy groups -OCH3 is 1. The molecule has 24 heavy (non-hydrogen) atoms. The number of unbranched alkanes of at least 4 members (excludes halogenated alkanes) is 1. The number of carbonyl (C=O) groups is 2. The van der Waals surface area contributed by atoms with Crippen molar-refractivity contribution in [3.63, 3.8) is 0 Å². The Balaban J connectivity index is 2.14. The predicted molar refractivity (Wildman–Crippen MR) is 97.4 cm³/mol. The van der Waals surface area contributed by atoms with Gasteiger partial charge in [-0.05, 0) is 37.1 Å². The van der Waals surface area contributed by atoms with Crippen LogP contribution < -0.4 is 10.1 Å². The van der Waals surface area contributed by atoms with Gasteiger partial charge in [0.05, 0.1) is 12.5 Å². The van der Waals surface area contributed by atoms with Crippen LogP contribution in [0, 0.1) is 0 Å². The van der Waals surface area contributed by atoms with E-state index in [0.717, 1.165) is 19.3 Å². The maximum absolute atomic E-state index is 13.0. The minimum absolute atomic E-state index is 0.0431. The molecule has 1 heterocycles. The number of carbonyl (C=O) groups excluding carboxylic acids is 2. The first kappa shape index (κ1) is 18.6. The first-order chi connectivity index (χ1) is 11.6. The minimum Gasteiger partial charge on any atom is -0.497 e. The molecule has 1 aliphatic rings. The molecule has 2 unspecified atom stereocenters. The van der Waals surface area contributed by atoms with Gasteiger partial charge in [0.2, 0.25) is 5.91 Å². The van der Waals surface area contributed by atoms with Crippen LogP contribution in [0.15, 0.2) is 24.3 Å². The molecule has 0 spiro atoms. The summed E-state index contributed by atoms with van der Waals surface area (Å²) in [5.74, 6) is 1.22. The van der Waals surface area contributed by atoms with Crippen molar-refractivity contribution in [2.24, 2.45) is 0 Å². The highest BCUT2D eigenvalue weighted by Gasteiger charge is 2.40. The predicted octanol–water partition coefficient (Wildman–Crippen LogP) is 2.91. The molecular formula is C18H26N2O3S. The molecule has 6 heteroatoms. The van der Waals surface area contributed by atoms with Crippen molar-refractivity contribution in [3.8, 4) is 5.75 Å². The molecule has 0 radical (unpaired) electrons. The third-order valence-corrected chi connectivity index (χ3v) is 5.60. The third kappa shape index (κ3) is 4.23. The van der Waals surface area contributed by atoms with Crippen LogP contribution in [0.5, 0.6) is 5.75 Å². The number of benzene rings is 1. The number of nitrogens with one attached hydrogen (secondary N) is 1. The Morgan fingerprint density at radius 1 is 1.29 bits per heavy atom. The van der Waals surface area contributed by atoms with E-state index in [0.29, 0.717) is 23.6 Å². The average molecular weight is 350 g/mol. The fourth-order valence-electron chi connectivity index (χ4n) is 2.74. The van der Waals surface area contributed by atoms with Gasteiger partial charge in [-0.1, -0.05) is 20.3 Å². The number of amides is 2. The second-order valence-corrected chi connectivity index (χ2v) is 7.01. The van der Waals surface area contributed by atoms with Crippen LogP contribution in [0.3, 0.4) is 0 Å². The summed E-state index contributed by atoms with van der Waals surface area (Å²) in [6, 6.07) is 6.65. The van der Waals surface area contributed by atoms with Gasteiger partial charge in [0.25, 0.3) is 5.91 Å². The van der Waals surface area contributed by atoms with Crippen LogP contribution in [0.4, 0.5) is 0 Å². The molecule has 1 N–H and O–H groups in total. The lowest BCUT2D eigenvalue weighted by atomic mass is 10.1. The highest BCUT2D eigenvalue weighted by molar-refractivity contribution is 8.00. The van der Waals surface area contributed by atoms with E-state index in [2.05, 4.69) is 12.2 Å². The van der Waals surface area contributed by atoms with E-state index < -0.39 is 6.04 Å². The van der Waals surface area contributed by atoms with E-state index in [1.165, 1.54) is 0 Å². The SMILES string of the molecule is CCCCNC(=O)C1CSC(CC)N1C(=O)c1ccc(OC)cc1. The zero-order chi connectivity index (χ0) is 17.5. The van der Waals surface area contributed by atoms with Crippen LogP contribution >= 0.6 is 11.8 Å². The quantitative estimate of drug-likeness (QED) is 0.768. The summed E-state index contributed by atoms with van der Waals surface area (Å²) in [4.78, 5) is 27.2. The van der Waals surface area contributed by atoms with Crippen LogP contribution in [-0.4, -0.2) is 47.5 Å². The molecule has 0 bridgehead atoms. The third-order valence-electron chi connectivity index (χ3n) is 4.15. The Hall–Kier alpha value is -1.69. The molecule has 1 saturated heterocycles. The Morgan fingerprint density at radius 2 is 2.00 bits per heavy atom. The molecule has 0 aliphatic carbocycles. The monoisotopic (exact) mass is 350 g/mol. The lowest BCUT2D eigenvalue weighted by Gasteiger charge is -2.28. The second-order valence-electron chi connectivity index (χ2n) is 5.80. The first-order valence-electron chi connectivity index (χ1n) is 8.48. The molecule has 2 amide bonds. The molecule has 2 rings (SSSR count). The van der Waals surface area contributed by atoms with Gasteiger partial charge in [-0.2, -0.15) is 0 Å². The lowest BCUT2D eigenvalue weighted by molar-refractivity contribution is -0.124. The maximum Gasteiger partial charge on any atom is 0.255 e. The van der Waals surface area contributed by atoms with Gasteiger partial charge in [0.15, 0.2) is 0 Å². The number of nitrogens with zero attached hydrogens (tertiary/aromatic N) is 1. The summed E-state index contributed by atoms with van der Waals surface area (Å²) < 4.78 is 5.14. The summed E-state index contributed by atoms with van der Waals surface area (Å²) in [6.07, 6.45) is 2.81. The van der Waals surface area contributed by atoms with Gasteiger partial charge in [-0.25, -0.2) is 0 Å². The van der Waals surface area contributed by atoms with Gasteiger partial charge in [-0.3, -0.25) is 9.59 Å². The summed E-state index contributed by atoms with van der Waals surface area (Å²) in [5.41, 5.74) is 0.586. The van der Waals surface area contributed by atoms with Crippen LogP contribution in [0.25, 0.3) is 0 Å². The Kier molecular flexibility index (Phi) is 6.97. The topological polar surface area (TPSA) is 58.6 Å². The molecule has 0 saturated carbocycles. The number of thioether (sulfide) groups is 1. The van der Waals surface area contributed by atoms with Crippen molar-refractivity contribution in [1.82, 2.24) is 10.2 Å². The van der Waals surface area contributed by atoms with E-state index in [9.17, 15) is 9.59 Å². The van der Waals surface area contributed by atoms with Crippen LogP contribution in [0.1, 0.15) is 43.5 Å². The maximum atomic E-state index is 13.0. The van der Waals surface area contributed by atoms with Gasteiger partial charge in [-0.15, -0.1) is 11.8 Å². The Labute approximate surface area is 148 Å². The molecule has 0 aromatic heterocycles. The largest absolute Gasteiger partial charge is 0.497 e. The van der Waals surface area contributed by atoms with Crippen molar-refractivity contribution >= 4 is 23.6 Å². The second kappa shape index (κ2) is 8.97. The van der Waals surface area contributed by atoms with Gasteiger partial charge >= 0.3 is 0 Å². The number of hydrogen-bond acceptors (Lipinski definition) is 4. The van der Waals surface area contributed by atoms with Gasteiger partial charge < -0.3 is 15.0 Å². The standard InChI is InChI=1S/C18H26N2O3S/c1-4-6-11-19-17(21)15-12-24-16(5-2)20(15)18(22)13-7-9-14(23-3)10-8-13/h7-10,15-16H,4-6,11-12H2,1-3H3,(H,19,21). The molecule has 132 valence electrons. The van der Waals surface area contributed by atoms with E-state index >= 15 is 0 Å². The van der Waals surface area contributed by atoms with E-state index in [1.54, 1.807) is 48.0 Å². The molecule has 5 nitrogen and oxygen atoms in total.